The zero-order valence-corrected chi connectivity index (χ0v) is 22.9. The molecule has 0 atom stereocenters. The van der Waals surface area contributed by atoms with Gasteiger partial charge in [-0.25, -0.2) is 19.5 Å². The minimum atomic E-state index is -0.601. The first-order chi connectivity index (χ1) is 19.7. The fourth-order valence-corrected chi connectivity index (χ4v) is 4.84. The monoisotopic (exact) mass is 601 g/mol. The Morgan fingerprint density at radius 3 is 2.51 bits per heavy atom. The molecule has 0 aliphatic carbocycles. The number of pyridine rings is 1. The molecule has 1 aromatic carbocycles. The number of benzene rings is 1. The standard InChI is InChI=1S/C25H25Cl2N9O5/c26-14-1-2-15(16(27)11-14)22-19(35-21(37)12-18(24(35)38)34-7-9-41-10-8-34)13-31-25(33-22)30-6-5-29-20-4-3-17(36(39)40)23(28)32-20/h1-4,11-13,37-38H,5-10H2,(H3,28,29,32)(H,30,31,33). The summed E-state index contributed by atoms with van der Waals surface area (Å²) in [4.78, 5) is 25.3. The number of aromatic hydroxyl groups is 2. The molecule has 6 N–H and O–H groups in total. The van der Waals surface area contributed by atoms with Crippen molar-refractivity contribution < 1.29 is 19.9 Å². The van der Waals surface area contributed by atoms with Gasteiger partial charge in [0.15, 0.2) is 0 Å². The molecule has 1 fully saturated rings. The van der Waals surface area contributed by atoms with Gasteiger partial charge in [0.2, 0.25) is 23.5 Å². The fourth-order valence-electron chi connectivity index (χ4n) is 4.34. The van der Waals surface area contributed by atoms with Gasteiger partial charge in [0.25, 0.3) is 0 Å². The van der Waals surface area contributed by atoms with Crippen LogP contribution < -0.4 is 21.3 Å². The molecule has 4 aromatic rings. The number of nitrogens with zero attached hydrogens (tertiary/aromatic N) is 6. The summed E-state index contributed by atoms with van der Waals surface area (Å²) < 4.78 is 6.65. The number of rotatable bonds is 9. The van der Waals surface area contributed by atoms with Crippen LogP contribution in [-0.4, -0.2) is 74.0 Å². The lowest BCUT2D eigenvalue weighted by Gasteiger charge is -2.27. The van der Waals surface area contributed by atoms with Crippen molar-refractivity contribution >= 4 is 52.2 Å². The molecule has 0 spiro atoms. The van der Waals surface area contributed by atoms with Crippen LogP contribution in [0.15, 0.2) is 42.6 Å². The Balaban J connectivity index is 1.41. The Bertz CT molecular complexity index is 1590. The molecule has 5 rings (SSSR count). The highest BCUT2D eigenvalue weighted by Gasteiger charge is 2.25. The molecule has 0 amide bonds. The van der Waals surface area contributed by atoms with E-state index in [1.54, 1.807) is 18.2 Å². The van der Waals surface area contributed by atoms with Gasteiger partial charge in [-0.1, -0.05) is 23.2 Å². The second-order valence-corrected chi connectivity index (χ2v) is 9.75. The van der Waals surface area contributed by atoms with Crippen LogP contribution in [0.2, 0.25) is 10.0 Å². The zero-order valence-electron chi connectivity index (χ0n) is 21.4. The minimum absolute atomic E-state index is 0.181. The Labute approximate surface area is 243 Å². The number of nitrogens with one attached hydrogen (secondary N) is 2. The summed E-state index contributed by atoms with van der Waals surface area (Å²) in [6.07, 6.45) is 1.46. The van der Waals surface area contributed by atoms with E-state index in [-0.39, 0.29) is 34.9 Å². The quantitative estimate of drug-likeness (QED) is 0.106. The number of morpholine rings is 1. The summed E-state index contributed by atoms with van der Waals surface area (Å²) in [5.74, 6) is 0.0317. The number of anilines is 4. The smallest absolute Gasteiger partial charge is 0.311 e. The van der Waals surface area contributed by atoms with Gasteiger partial charge in [-0.05, 0) is 24.3 Å². The molecular weight excluding hydrogens is 577 g/mol. The molecule has 0 radical (unpaired) electrons. The summed E-state index contributed by atoms with van der Waals surface area (Å²) in [5.41, 5.74) is 6.95. The average Bonchev–Trinajstić information content (AvgIpc) is 3.24. The van der Waals surface area contributed by atoms with Crippen molar-refractivity contribution in [1.29, 1.82) is 0 Å². The van der Waals surface area contributed by atoms with Crippen molar-refractivity contribution in [1.82, 2.24) is 19.5 Å². The number of halogens is 2. The van der Waals surface area contributed by atoms with Gasteiger partial charge in [-0.2, -0.15) is 0 Å². The first kappa shape index (κ1) is 28.0. The molecular formula is C25H25Cl2N9O5. The predicted octanol–water partition coefficient (Wildman–Crippen LogP) is 3.90. The highest BCUT2D eigenvalue weighted by molar-refractivity contribution is 6.36. The maximum Gasteiger partial charge on any atom is 0.311 e. The second kappa shape index (κ2) is 11.9. The number of nitro groups is 1. The fraction of sp³-hybridized carbons (Fsp3) is 0.240. The number of nitrogen functional groups attached to an aromatic ring is 1. The Morgan fingerprint density at radius 1 is 1.05 bits per heavy atom. The normalized spacial score (nSPS) is 13.3. The van der Waals surface area contributed by atoms with E-state index in [2.05, 4.69) is 25.6 Å². The van der Waals surface area contributed by atoms with Crippen molar-refractivity contribution in [2.45, 2.75) is 0 Å². The summed E-state index contributed by atoms with van der Waals surface area (Å²) in [6.45, 7) is 2.82. The number of aromatic nitrogens is 4. The van der Waals surface area contributed by atoms with Gasteiger partial charge in [-0.15, -0.1) is 0 Å². The van der Waals surface area contributed by atoms with E-state index in [0.29, 0.717) is 72.2 Å². The van der Waals surface area contributed by atoms with E-state index in [1.807, 2.05) is 4.90 Å². The number of ether oxygens (including phenoxy) is 1. The Kier molecular flexibility index (Phi) is 8.14. The maximum atomic E-state index is 11.2. The largest absolute Gasteiger partial charge is 0.494 e. The van der Waals surface area contributed by atoms with E-state index < -0.39 is 4.92 Å². The second-order valence-electron chi connectivity index (χ2n) is 8.91. The van der Waals surface area contributed by atoms with Gasteiger partial charge >= 0.3 is 5.69 Å². The molecule has 1 aliphatic heterocycles. The molecule has 0 saturated carbocycles. The topological polar surface area (TPSA) is 190 Å². The lowest BCUT2D eigenvalue weighted by Crippen LogP contribution is -2.36. The van der Waals surface area contributed by atoms with E-state index in [9.17, 15) is 20.3 Å². The van der Waals surface area contributed by atoms with Crippen LogP contribution in [0.25, 0.3) is 16.9 Å². The minimum Gasteiger partial charge on any atom is -0.494 e. The third-order valence-electron chi connectivity index (χ3n) is 6.30. The number of hydrogen-bond acceptors (Lipinski definition) is 12. The summed E-state index contributed by atoms with van der Waals surface area (Å²) in [5, 5.41) is 39.8. The molecule has 0 unspecified atom stereocenters. The van der Waals surface area contributed by atoms with Crippen LogP contribution in [0.5, 0.6) is 11.8 Å². The lowest BCUT2D eigenvalue weighted by atomic mass is 10.1. The molecule has 14 nitrogen and oxygen atoms in total. The van der Waals surface area contributed by atoms with E-state index in [4.69, 9.17) is 33.7 Å². The van der Waals surface area contributed by atoms with Crippen molar-refractivity contribution in [3.05, 3.63) is 62.8 Å². The molecule has 16 heteroatoms. The Morgan fingerprint density at radius 2 is 1.80 bits per heavy atom. The molecule has 1 saturated heterocycles. The van der Waals surface area contributed by atoms with Crippen molar-refractivity contribution in [2.24, 2.45) is 0 Å². The van der Waals surface area contributed by atoms with Crippen LogP contribution >= 0.6 is 23.2 Å². The van der Waals surface area contributed by atoms with Crippen LogP contribution in [0.1, 0.15) is 0 Å². The highest BCUT2D eigenvalue weighted by Crippen LogP contribution is 2.42. The molecule has 4 heterocycles. The number of nitrogens with two attached hydrogens (primary N) is 1. The summed E-state index contributed by atoms with van der Waals surface area (Å²) in [6, 6.07) is 9.12. The molecule has 41 heavy (non-hydrogen) atoms. The first-order valence-corrected chi connectivity index (χ1v) is 13.2. The van der Waals surface area contributed by atoms with Crippen LogP contribution in [0.3, 0.4) is 0 Å². The summed E-state index contributed by atoms with van der Waals surface area (Å²) >= 11 is 12.6. The molecule has 1 aliphatic rings. The zero-order chi connectivity index (χ0) is 29.1. The van der Waals surface area contributed by atoms with E-state index in [0.717, 1.165) is 0 Å². The first-order valence-electron chi connectivity index (χ1n) is 12.4. The third kappa shape index (κ3) is 5.99. The maximum absolute atomic E-state index is 11.2. The van der Waals surface area contributed by atoms with Gasteiger partial charge < -0.3 is 36.2 Å². The number of hydrogen-bond donors (Lipinski definition) is 5. The van der Waals surface area contributed by atoms with E-state index >= 15 is 0 Å². The lowest BCUT2D eigenvalue weighted by molar-refractivity contribution is -0.384. The van der Waals surface area contributed by atoms with Crippen molar-refractivity contribution in [3.63, 3.8) is 0 Å². The molecule has 214 valence electrons. The SMILES string of the molecule is Nc1nc(NCCNc2ncc(-n3c(O)cc(N4CCOCC4)c3O)c(-c3ccc(Cl)cc3Cl)n2)ccc1[N+](=O)[O-]. The average molecular weight is 602 g/mol. The van der Waals surface area contributed by atoms with Crippen molar-refractivity contribution in [2.75, 3.05) is 60.7 Å². The van der Waals surface area contributed by atoms with Gasteiger partial charge in [0.1, 0.15) is 17.2 Å². The van der Waals surface area contributed by atoms with Gasteiger partial charge in [0, 0.05) is 48.9 Å². The van der Waals surface area contributed by atoms with Gasteiger partial charge in [-0.3, -0.25) is 10.1 Å². The van der Waals surface area contributed by atoms with Gasteiger partial charge in [0.05, 0.1) is 35.0 Å². The van der Waals surface area contributed by atoms with E-state index in [1.165, 1.54) is 29.0 Å². The van der Waals surface area contributed by atoms with Crippen LogP contribution in [0.4, 0.5) is 29.0 Å². The van der Waals surface area contributed by atoms with Crippen molar-refractivity contribution in [3.8, 4) is 28.7 Å². The Hall–Kier alpha value is -4.53. The predicted molar refractivity (Wildman–Crippen MR) is 155 cm³/mol. The highest BCUT2D eigenvalue weighted by atomic mass is 35.5. The van der Waals surface area contributed by atoms with Crippen LogP contribution in [0, 0.1) is 10.1 Å². The van der Waals surface area contributed by atoms with Crippen LogP contribution in [-0.2, 0) is 4.74 Å². The molecule has 0 bridgehead atoms. The molecule has 3 aromatic heterocycles. The third-order valence-corrected chi connectivity index (χ3v) is 6.85. The summed E-state index contributed by atoms with van der Waals surface area (Å²) in [7, 11) is 0.